The lowest BCUT2D eigenvalue weighted by Crippen LogP contribution is -2.39. The molecule has 0 unspecified atom stereocenters. The molecule has 178 valence electrons. The van der Waals surface area contributed by atoms with Gasteiger partial charge in [-0.1, -0.05) is 13.8 Å². The Morgan fingerprint density at radius 2 is 1.88 bits per heavy atom. The van der Waals surface area contributed by atoms with Crippen molar-refractivity contribution in [2.24, 2.45) is 5.92 Å². The monoisotopic (exact) mass is 456 g/mol. The predicted octanol–water partition coefficient (Wildman–Crippen LogP) is 2.23. The molecule has 0 saturated carbocycles. The van der Waals surface area contributed by atoms with Crippen molar-refractivity contribution < 1.29 is 14.6 Å². The summed E-state index contributed by atoms with van der Waals surface area (Å²) in [6.07, 6.45) is 0. The van der Waals surface area contributed by atoms with E-state index in [0.29, 0.717) is 54.7 Å². The minimum Gasteiger partial charge on any atom is -0.486 e. The van der Waals surface area contributed by atoms with Gasteiger partial charge >= 0.3 is 0 Å². The fourth-order valence-corrected chi connectivity index (χ4v) is 4.31. The molecule has 0 spiro atoms. The fraction of sp³-hybridized carbons (Fsp3) is 0.565. The SMILES string of the molecule is CC(C)[C@@H](c1nnnn1C(C)(C)C)N(CCO)Cc1cc2cc3c(cc2[nH]c1=O)OCCO3. The van der Waals surface area contributed by atoms with Crippen molar-refractivity contribution >= 4 is 10.9 Å². The van der Waals surface area contributed by atoms with Gasteiger partial charge in [0.1, 0.15) is 13.2 Å². The molecule has 10 heteroatoms. The van der Waals surface area contributed by atoms with Crippen LogP contribution in [0.5, 0.6) is 11.5 Å². The molecule has 0 aliphatic carbocycles. The van der Waals surface area contributed by atoms with Gasteiger partial charge in [0.25, 0.3) is 5.56 Å². The average molecular weight is 457 g/mol. The summed E-state index contributed by atoms with van der Waals surface area (Å²) < 4.78 is 13.1. The lowest BCUT2D eigenvalue weighted by Gasteiger charge is -2.34. The summed E-state index contributed by atoms with van der Waals surface area (Å²) >= 11 is 0. The van der Waals surface area contributed by atoms with Crippen LogP contribution in [0.2, 0.25) is 0 Å². The molecule has 3 heterocycles. The van der Waals surface area contributed by atoms with Crippen molar-refractivity contribution in [1.82, 2.24) is 30.1 Å². The van der Waals surface area contributed by atoms with Gasteiger partial charge in [0, 0.05) is 30.1 Å². The summed E-state index contributed by atoms with van der Waals surface area (Å²) in [5.41, 5.74) is 0.797. The van der Waals surface area contributed by atoms with E-state index in [4.69, 9.17) is 9.47 Å². The molecule has 0 amide bonds. The molecule has 33 heavy (non-hydrogen) atoms. The maximum Gasteiger partial charge on any atom is 0.252 e. The molecular formula is C23H32N6O4. The molecule has 4 rings (SSSR count). The number of aliphatic hydroxyl groups is 1. The molecule has 3 aromatic rings. The summed E-state index contributed by atoms with van der Waals surface area (Å²) in [6.45, 7) is 11.9. The van der Waals surface area contributed by atoms with Gasteiger partial charge in [0.2, 0.25) is 0 Å². The van der Waals surface area contributed by atoms with E-state index in [2.05, 4.69) is 39.3 Å². The van der Waals surface area contributed by atoms with Gasteiger partial charge in [-0.3, -0.25) is 9.69 Å². The minimum absolute atomic E-state index is 0.0511. The topological polar surface area (TPSA) is 118 Å². The smallest absolute Gasteiger partial charge is 0.252 e. The lowest BCUT2D eigenvalue weighted by atomic mass is 9.99. The Morgan fingerprint density at radius 1 is 1.18 bits per heavy atom. The van der Waals surface area contributed by atoms with Crippen LogP contribution in [0.1, 0.15) is 52.0 Å². The van der Waals surface area contributed by atoms with E-state index >= 15 is 0 Å². The van der Waals surface area contributed by atoms with Crippen LogP contribution in [-0.2, 0) is 12.1 Å². The van der Waals surface area contributed by atoms with E-state index in [-0.39, 0.29) is 29.7 Å². The van der Waals surface area contributed by atoms with Crippen LogP contribution in [0.15, 0.2) is 23.0 Å². The molecule has 2 N–H and O–H groups in total. The van der Waals surface area contributed by atoms with Gasteiger partial charge in [-0.05, 0) is 49.2 Å². The number of hydrogen-bond donors (Lipinski definition) is 2. The highest BCUT2D eigenvalue weighted by molar-refractivity contribution is 5.83. The van der Waals surface area contributed by atoms with E-state index in [0.717, 1.165) is 5.39 Å². The Hall–Kier alpha value is -2.98. The summed E-state index contributed by atoms with van der Waals surface area (Å²) in [5, 5.41) is 23.2. The zero-order valence-corrected chi connectivity index (χ0v) is 19.8. The Morgan fingerprint density at radius 3 is 2.52 bits per heavy atom. The molecule has 0 bridgehead atoms. The predicted molar refractivity (Wildman–Crippen MR) is 123 cm³/mol. The number of fused-ring (bicyclic) bond motifs is 2. The quantitative estimate of drug-likeness (QED) is 0.556. The maximum atomic E-state index is 13.0. The van der Waals surface area contributed by atoms with Gasteiger partial charge in [-0.2, -0.15) is 0 Å². The second-order valence-corrected chi connectivity index (χ2v) is 9.71. The third-order valence-corrected chi connectivity index (χ3v) is 5.76. The van der Waals surface area contributed by atoms with Crippen molar-refractivity contribution in [3.63, 3.8) is 0 Å². The number of tetrazole rings is 1. The second-order valence-electron chi connectivity index (χ2n) is 9.71. The van der Waals surface area contributed by atoms with E-state index in [1.54, 1.807) is 6.07 Å². The second kappa shape index (κ2) is 9.11. The number of ether oxygens (including phenoxy) is 2. The summed E-state index contributed by atoms with van der Waals surface area (Å²) in [6, 6.07) is 5.37. The highest BCUT2D eigenvalue weighted by Crippen LogP contribution is 2.34. The van der Waals surface area contributed by atoms with Crippen LogP contribution in [0.25, 0.3) is 10.9 Å². The van der Waals surface area contributed by atoms with Crippen LogP contribution in [0, 0.1) is 5.92 Å². The first-order valence-electron chi connectivity index (χ1n) is 11.3. The van der Waals surface area contributed by atoms with E-state index in [1.165, 1.54) is 0 Å². The molecule has 0 saturated heterocycles. The van der Waals surface area contributed by atoms with Crippen molar-refractivity contribution in [3.8, 4) is 11.5 Å². The normalized spacial score (nSPS) is 14.9. The summed E-state index contributed by atoms with van der Waals surface area (Å²) in [5.74, 6) is 2.15. The Labute approximate surface area is 192 Å². The molecule has 0 radical (unpaired) electrons. The first-order valence-corrected chi connectivity index (χ1v) is 11.3. The number of H-pyrrole nitrogens is 1. The number of pyridine rings is 1. The van der Waals surface area contributed by atoms with Crippen molar-refractivity contribution in [3.05, 3.63) is 39.9 Å². The zero-order chi connectivity index (χ0) is 23.8. The largest absolute Gasteiger partial charge is 0.486 e. The molecule has 1 aliphatic heterocycles. The third-order valence-electron chi connectivity index (χ3n) is 5.76. The first kappa shape index (κ1) is 23.2. The van der Waals surface area contributed by atoms with Gasteiger partial charge in [-0.15, -0.1) is 5.10 Å². The fourth-order valence-electron chi connectivity index (χ4n) is 4.31. The molecule has 1 aliphatic rings. The minimum atomic E-state index is -0.307. The Bertz CT molecular complexity index is 1180. The van der Waals surface area contributed by atoms with Crippen LogP contribution in [0.3, 0.4) is 0 Å². The number of aliphatic hydroxyl groups excluding tert-OH is 1. The standard InChI is InChI=1S/C23H32N6O4/c1-14(2)20(21-25-26-27-29(21)23(3,4)5)28(6-7-30)13-16-10-15-11-18-19(33-9-8-32-18)12-17(15)24-22(16)31/h10-12,14,20,30H,6-9,13H2,1-5H3,(H,24,31)/t20-/m0/s1. The average Bonchev–Trinajstić information content (AvgIpc) is 3.23. The maximum absolute atomic E-state index is 13.0. The van der Waals surface area contributed by atoms with Crippen molar-refractivity contribution in [2.75, 3.05) is 26.4 Å². The van der Waals surface area contributed by atoms with E-state index in [1.807, 2.05) is 37.6 Å². The van der Waals surface area contributed by atoms with Crippen LogP contribution in [0.4, 0.5) is 0 Å². The van der Waals surface area contributed by atoms with Crippen molar-refractivity contribution in [1.29, 1.82) is 0 Å². The molecular weight excluding hydrogens is 424 g/mol. The number of nitrogens with one attached hydrogen (secondary N) is 1. The number of benzene rings is 1. The molecule has 10 nitrogen and oxygen atoms in total. The first-order chi connectivity index (χ1) is 15.7. The summed E-state index contributed by atoms with van der Waals surface area (Å²) in [7, 11) is 0. The number of aromatic amines is 1. The van der Waals surface area contributed by atoms with Crippen molar-refractivity contribution in [2.45, 2.75) is 52.7 Å². The third kappa shape index (κ3) is 4.72. The Kier molecular flexibility index (Phi) is 6.40. The lowest BCUT2D eigenvalue weighted by molar-refractivity contribution is 0.101. The van der Waals surface area contributed by atoms with E-state index in [9.17, 15) is 9.90 Å². The van der Waals surface area contributed by atoms with Gasteiger partial charge in [-0.25, -0.2) is 4.68 Å². The number of hydrogen-bond acceptors (Lipinski definition) is 8. The molecule has 1 aromatic carbocycles. The molecule has 2 aromatic heterocycles. The number of rotatable bonds is 7. The Balaban J connectivity index is 1.73. The van der Waals surface area contributed by atoms with Gasteiger partial charge in [0.15, 0.2) is 17.3 Å². The van der Waals surface area contributed by atoms with Crippen LogP contribution < -0.4 is 15.0 Å². The molecule has 1 atom stereocenters. The molecule has 0 fully saturated rings. The van der Waals surface area contributed by atoms with Crippen LogP contribution in [-0.4, -0.2) is 61.6 Å². The highest BCUT2D eigenvalue weighted by atomic mass is 16.6. The highest BCUT2D eigenvalue weighted by Gasteiger charge is 2.32. The van der Waals surface area contributed by atoms with Crippen LogP contribution >= 0.6 is 0 Å². The van der Waals surface area contributed by atoms with E-state index < -0.39 is 0 Å². The number of aromatic nitrogens is 5. The van der Waals surface area contributed by atoms with Gasteiger partial charge in [0.05, 0.1) is 23.7 Å². The van der Waals surface area contributed by atoms with Gasteiger partial charge < -0.3 is 19.6 Å². The number of nitrogens with zero attached hydrogens (tertiary/aromatic N) is 5. The zero-order valence-electron chi connectivity index (χ0n) is 19.8. The summed E-state index contributed by atoms with van der Waals surface area (Å²) in [4.78, 5) is 18.0.